The van der Waals surface area contributed by atoms with Crippen molar-refractivity contribution in [1.29, 1.82) is 0 Å². The van der Waals surface area contributed by atoms with Crippen molar-refractivity contribution in [2.75, 3.05) is 20.1 Å². The molecule has 2 bridgehead atoms. The predicted molar refractivity (Wildman–Crippen MR) is 55.1 cm³/mol. The SMILES string of the molecule is CN1C2CCC1C1(CCNC1)C(O)C2. The van der Waals surface area contributed by atoms with Crippen LogP contribution in [0.4, 0.5) is 0 Å². The van der Waals surface area contributed by atoms with Crippen LogP contribution in [0, 0.1) is 5.41 Å². The summed E-state index contributed by atoms with van der Waals surface area (Å²) in [4.78, 5) is 2.53. The van der Waals surface area contributed by atoms with Crippen molar-refractivity contribution in [3.8, 4) is 0 Å². The molecule has 0 aliphatic carbocycles. The summed E-state index contributed by atoms with van der Waals surface area (Å²) in [5, 5.41) is 13.7. The molecule has 3 fully saturated rings. The average molecular weight is 196 g/mol. The van der Waals surface area contributed by atoms with E-state index in [1.807, 2.05) is 0 Å². The molecule has 4 unspecified atom stereocenters. The zero-order chi connectivity index (χ0) is 9.76. The second-order valence-electron chi connectivity index (χ2n) is 5.32. The summed E-state index contributed by atoms with van der Waals surface area (Å²) in [5.41, 5.74) is 0.182. The van der Waals surface area contributed by atoms with Gasteiger partial charge >= 0.3 is 0 Å². The van der Waals surface area contributed by atoms with Crippen LogP contribution in [0.1, 0.15) is 25.7 Å². The Hall–Kier alpha value is -0.120. The molecule has 0 aromatic rings. The van der Waals surface area contributed by atoms with Gasteiger partial charge in [0.1, 0.15) is 0 Å². The van der Waals surface area contributed by atoms with E-state index in [-0.39, 0.29) is 11.5 Å². The number of nitrogens with zero attached hydrogens (tertiary/aromatic N) is 1. The number of piperidine rings is 1. The molecule has 0 radical (unpaired) electrons. The molecule has 3 saturated heterocycles. The van der Waals surface area contributed by atoms with E-state index < -0.39 is 0 Å². The lowest BCUT2D eigenvalue weighted by molar-refractivity contribution is -0.0683. The Kier molecular flexibility index (Phi) is 1.92. The van der Waals surface area contributed by atoms with E-state index in [4.69, 9.17) is 0 Å². The average Bonchev–Trinajstić information content (AvgIpc) is 2.70. The van der Waals surface area contributed by atoms with Gasteiger partial charge in [-0.3, -0.25) is 4.90 Å². The quantitative estimate of drug-likeness (QED) is 0.581. The van der Waals surface area contributed by atoms with E-state index in [2.05, 4.69) is 17.3 Å². The Bertz CT molecular complexity index is 237. The molecule has 14 heavy (non-hydrogen) atoms. The summed E-state index contributed by atoms with van der Waals surface area (Å²) in [6, 6.07) is 1.28. The highest BCUT2D eigenvalue weighted by molar-refractivity contribution is 5.10. The Labute approximate surface area is 85.5 Å². The number of rotatable bonds is 0. The number of nitrogens with one attached hydrogen (secondary N) is 1. The molecule has 0 aromatic carbocycles. The first-order valence-electron chi connectivity index (χ1n) is 5.85. The van der Waals surface area contributed by atoms with Crippen LogP contribution < -0.4 is 5.32 Å². The van der Waals surface area contributed by atoms with E-state index in [1.54, 1.807) is 0 Å². The second-order valence-corrected chi connectivity index (χ2v) is 5.32. The van der Waals surface area contributed by atoms with Crippen LogP contribution in [0.25, 0.3) is 0 Å². The minimum Gasteiger partial charge on any atom is -0.392 e. The fourth-order valence-electron chi connectivity index (χ4n) is 4.00. The first-order valence-corrected chi connectivity index (χ1v) is 5.85. The topological polar surface area (TPSA) is 35.5 Å². The lowest BCUT2D eigenvalue weighted by Crippen LogP contribution is -2.58. The van der Waals surface area contributed by atoms with Crippen LogP contribution >= 0.6 is 0 Å². The van der Waals surface area contributed by atoms with Gasteiger partial charge in [0.05, 0.1) is 6.10 Å². The smallest absolute Gasteiger partial charge is 0.0639 e. The van der Waals surface area contributed by atoms with Crippen LogP contribution in [0.15, 0.2) is 0 Å². The minimum absolute atomic E-state index is 0.0637. The van der Waals surface area contributed by atoms with Gasteiger partial charge in [-0.05, 0) is 39.3 Å². The van der Waals surface area contributed by atoms with E-state index >= 15 is 0 Å². The van der Waals surface area contributed by atoms with Crippen molar-refractivity contribution < 1.29 is 5.11 Å². The van der Waals surface area contributed by atoms with Crippen LogP contribution in [-0.4, -0.2) is 48.3 Å². The highest BCUT2D eigenvalue weighted by Gasteiger charge is 2.55. The Morgan fingerprint density at radius 3 is 3.00 bits per heavy atom. The molecule has 0 amide bonds. The first-order chi connectivity index (χ1) is 6.74. The normalized spacial score (nSPS) is 53.1. The van der Waals surface area contributed by atoms with Crippen LogP contribution in [-0.2, 0) is 0 Å². The maximum absolute atomic E-state index is 10.3. The predicted octanol–water partition coefficient (Wildman–Crippen LogP) is 0.193. The van der Waals surface area contributed by atoms with E-state index in [9.17, 15) is 5.11 Å². The summed E-state index contributed by atoms with van der Waals surface area (Å²) in [6.07, 6.45) is 4.68. The minimum atomic E-state index is -0.0637. The van der Waals surface area contributed by atoms with Gasteiger partial charge in [0.25, 0.3) is 0 Å². The van der Waals surface area contributed by atoms with Gasteiger partial charge in [-0.25, -0.2) is 0 Å². The molecule has 3 aliphatic heterocycles. The summed E-state index contributed by atoms with van der Waals surface area (Å²) in [6.45, 7) is 2.11. The fraction of sp³-hybridized carbons (Fsp3) is 1.00. The van der Waals surface area contributed by atoms with E-state index in [1.165, 1.54) is 12.8 Å². The summed E-state index contributed by atoms with van der Waals surface area (Å²) < 4.78 is 0. The number of hydrogen-bond donors (Lipinski definition) is 2. The Morgan fingerprint density at radius 2 is 2.29 bits per heavy atom. The third-order valence-electron chi connectivity index (χ3n) is 4.88. The zero-order valence-corrected chi connectivity index (χ0v) is 8.87. The first kappa shape index (κ1) is 9.13. The van der Waals surface area contributed by atoms with Crippen molar-refractivity contribution in [3.63, 3.8) is 0 Å². The summed E-state index contributed by atoms with van der Waals surface area (Å²) in [7, 11) is 2.24. The monoisotopic (exact) mass is 196 g/mol. The van der Waals surface area contributed by atoms with Crippen molar-refractivity contribution in [3.05, 3.63) is 0 Å². The molecular weight excluding hydrogens is 176 g/mol. The molecule has 3 heterocycles. The molecule has 3 nitrogen and oxygen atoms in total. The Balaban J connectivity index is 1.94. The third-order valence-corrected chi connectivity index (χ3v) is 4.88. The van der Waals surface area contributed by atoms with Crippen LogP contribution in [0.3, 0.4) is 0 Å². The molecule has 0 saturated carbocycles. The fourth-order valence-corrected chi connectivity index (χ4v) is 4.00. The maximum Gasteiger partial charge on any atom is 0.0639 e. The molecule has 4 atom stereocenters. The molecule has 1 spiro atoms. The summed E-state index contributed by atoms with van der Waals surface area (Å²) in [5.74, 6) is 0. The van der Waals surface area contributed by atoms with Crippen molar-refractivity contribution in [2.24, 2.45) is 5.41 Å². The number of fused-ring (bicyclic) bond motifs is 3. The third kappa shape index (κ3) is 0.980. The molecule has 3 aliphatic rings. The second kappa shape index (κ2) is 2.94. The van der Waals surface area contributed by atoms with Gasteiger partial charge in [-0.2, -0.15) is 0 Å². The molecule has 3 rings (SSSR count). The highest BCUT2D eigenvalue weighted by Crippen LogP contribution is 2.48. The van der Waals surface area contributed by atoms with Crippen molar-refractivity contribution in [1.82, 2.24) is 10.2 Å². The number of hydrogen-bond acceptors (Lipinski definition) is 3. The van der Waals surface area contributed by atoms with Gasteiger partial charge < -0.3 is 10.4 Å². The number of aliphatic hydroxyl groups is 1. The molecule has 0 aromatic heterocycles. The molecule has 3 heteroatoms. The number of aliphatic hydroxyl groups excluding tert-OH is 1. The summed E-state index contributed by atoms with van der Waals surface area (Å²) >= 11 is 0. The van der Waals surface area contributed by atoms with E-state index in [0.717, 1.165) is 25.9 Å². The lowest BCUT2D eigenvalue weighted by atomic mass is 9.71. The van der Waals surface area contributed by atoms with Crippen LogP contribution in [0.5, 0.6) is 0 Å². The highest BCUT2D eigenvalue weighted by atomic mass is 16.3. The van der Waals surface area contributed by atoms with Gasteiger partial charge in [0.15, 0.2) is 0 Å². The molecule has 80 valence electrons. The maximum atomic E-state index is 10.3. The largest absolute Gasteiger partial charge is 0.392 e. The van der Waals surface area contributed by atoms with Crippen molar-refractivity contribution >= 4 is 0 Å². The van der Waals surface area contributed by atoms with E-state index in [0.29, 0.717) is 12.1 Å². The molecular formula is C11H20N2O. The Morgan fingerprint density at radius 1 is 1.43 bits per heavy atom. The van der Waals surface area contributed by atoms with Gasteiger partial charge in [-0.15, -0.1) is 0 Å². The van der Waals surface area contributed by atoms with Gasteiger partial charge in [-0.1, -0.05) is 0 Å². The molecule has 2 N–H and O–H groups in total. The standard InChI is InChI=1S/C11H20N2O/c1-13-8-2-3-9(13)11(10(14)6-8)4-5-12-7-11/h8-10,12,14H,2-7H2,1H3. The van der Waals surface area contributed by atoms with Gasteiger partial charge in [0.2, 0.25) is 0 Å². The van der Waals surface area contributed by atoms with Crippen molar-refractivity contribution in [2.45, 2.75) is 43.9 Å². The van der Waals surface area contributed by atoms with Gasteiger partial charge in [0, 0.05) is 24.0 Å². The zero-order valence-electron chi connectivity index (χ0n) is 8.87. The van der Waals surface area contributed by atoms with Crippen LogP contribution in [0.2, 0.25) is 0 Å². The lowest BCUT2D eigenvalue weighted by Gasteiger charge is -2.48.